The zero-order valence-electron chi connectivity index (χ0n) is 20.8. The number of nitrogens with zero attached hydrogens (tertiary/aromatic N) is 1. The number of pyridine rings is 1. The van der Waals surface area contributed by atoms with Crippen molar-refractivity contribution in [3.05, 3.63) is 53.1 Å². The highest BCUT2D eigenvalue weighted by Crippen LogP contribution is 2.43. The van der Waals surface area contributed by atoms with Crippen LogP contribution in [0.15, 0.2) is 30.5 Å². The maximum Gasteiger partial charge on any atom is 0.309 e. The fraction of sp³-hybridized carbons (Fsp3) is 0.481. The number of hydrogen-bond acceptors (Lipinski definition) is 7. The quantitative estimate of drug-likeness (QED) is 0.338. The van der Waals surface area contributed by atoms with Crippen molar-refractivity contribution >= 4 is 17.7 Å². The van der Waals surface area contributed by atoms with Crippen LogP contribution in [0.2, 0.25) is 0 Å². The molecule has 0 unspecified atom stereocenters. The van der Waals surface area contributed by atoms with Crippen molar-refractivity contribution in [1.82, 2.24) is 4.98 Å². The smallest absolute Gasteiger partial charge is 0.309 e. The second-order valence-corrected chi connectivity index (χ2v) is 9.17. The number of esters is 2. The molecule has 0 radical (unpaired) electrons. The van der Waals surface area contributed by atoms with Crippen molar-refractivity contribution in [3.63, 3.8) is 0 Å². The Balaban J connectivity index is 1.73. The van der Waals surface area contributed by atoms with Gasteiger partial charge in [0.2, 0.25) is 5.75 Å². The van der Waals surface area contributed by atoms with E-state index in [9.17, 15) is 18.8 Å². The fourth-order valence-corrected chi connectivity index (χ4v) is 4.57. The van der Waals surface area contributed by atoms with Crippen molar-refractivity contribution in [1.29, 1.82) is 0 Å². The molecule has 8 heteroatoms. The van der Waals surface area contributed by atoms with Crippen LogP contribution in [0.1, 0.15) is 74.0 Å². The Morgan fingerprint density at radius 2 is 1.89 bits per heavy atom. The number of ether oxygens (including phenoxy) is 3. The summed E-state index contributed by atoms with van der Waals surface area (Å²) in [5, 5.41) is 0. The van der Waals surface area contributed by atoms with Gasteiger partial charge in [-0.2, -0.15) is 0 Å². The number of halogens is 1. The summed E-state index contributed by atoms with van der Waals surface area (Å²) in [7, 11) is 1.39. The van der Waals surface area contributed by atoms with Crippen LogP contribution in [0.3, 0.4) is 0 Å². The molecule has 1 aliphatic carbocycles. The number of hydrogen-bond donors (Lipinski definition) is 0. The summed E-state index contributed by atoms with van der Waals surface area (Å²) in [6.07, 6.45) is 3.92. The van der Waals surface area contributed by atoms with Gasteiger partial charge in [-0.1, -0.05) is 19.4 Å². The van der Waals surface area contributed by atoms with E-state index in [1.165, 1.54) is 38.4 Å². The van der Waals surface area contributed by atoms with E-state index in [2.05, 4.69) is 4.98 Å². The molecule has 35 heavy (non-hydrogen) atoms. The number of benzene rings is 1. The molecule has 3 atom stereocenters. The normalized spacial score (nSPS) is 15.9. The van der Waals surface area contributed by atoms with Crippen LogP contribution < -0.4 is 9.47 Å². The Morgan fingerprint density at radius 1 is 1.17 bits per heavy atom. The fourth-order valence-electron chi connectivity index (χ4n) is 4.57. The van der Waals surface area contributed by atoms with Crippen molar-refractivity contribution < 1.29 is 33.0 Å². The topological polar surface area (TPSA) is 91.8 Å². The van der Waals surface area contributed by atoms with Crippen molar-refractivity contribution in [3.8, 4) is 11.5 Å². The summed E-state index contributed by atoms with van der Waals surface area (Å²) in [4.78, 5) is 41.5. The van der Waals surface area contributed by atoms with Crippen molar-refractivity contribution in [2.24, 2.45) is 11.8 Å². The predicted molar refractivity (Wildman–Crippen MR) is 127 cm³/mol. The lowest BCUT2D eigenvalue weighted by Gasteiger charge is -2.38. The second-order valence-electron chi connectivity index (χ2n) is 9.17. The first-order chi connectivity index (χ1) is 16.6. The lowest BCUT2D eigenvalue weighted by Crippen LogP contribution is -2.34. The Hall–Kier alpha value is -3.29. The number of aromatic nitrogens is 1. The third-order valence-electron chi connectivity index (χ3n) is 6.55. The first-order valence-corrected chi connectivity index (χ1v) is 11.8. The number of Topliss-reactive ketones (excluding diaryl/α,β-unsaturated/α-hetero) is 1. The number of carbonyl (C=O) groups is 3. The minimum Gasteiger partial charge on any atom is -0.493 e. The molecule has 1 fully saturated rings. The standard InChI is InChI=1S/C27H32FNO6/c1-15-13-20(28)9-10-21(15)24(19-7-6-8-19)17(3)34-27(32)16(2)14-22(31)25-26(35-18(4)30)23(33-5)11-12-29-25/h9-13,16-17,19,24H,6-8,14H2,1-5H3/t16-,17+,24-/m1/s1. The van der Waals surface area contributed by atoms with Crippen molar-refractivity contribution in [2.45, 2.75) is 65.4 Å². The Kier molecular flexibility index (Phi) is 8.59. The van der Waals surface area contributed by atoms with Crippen LogP contribution in [0.25, 0.3) is 0 Å². The summed E-state index contributed by atoms with van der Waals surface area (Å²) in [6.45, 7) is 6.53. The Morgan fingerprint density at radius 3 is 2.46 bits per heavy atom. The molecule has 1 aromatic heterocycles. The molecule has 1 aliphatic rings. The average molecular weight is 486 g/mol. The van der Waals surface area contributed by atoms with E-state index in [-0.39, 0.29) is 35.3 Å². The maximum atomic E-state index is 13.7. The monoisotopic (exact) mass is 485 g/mol. The van der Waals surface area contributed by atoms with Crippen LogP contribution in [-0.2, 0) is 14.3 Å². The van der Waals surface area contributed by atoms with Gasteiger partial charge >= 0.3 is 11.9 Å². The van der Waals surface area contributed by atoms with E-state index in [0.29, 0.717) is 5.92 Å². The molecule has 0 N–H and O–H groups in total. The average Bonchev–Trinajstić information content (AvgIpc) is 2.76. The maximum absolute atomic E-state index is 13.7. The van der Waals surface area contributed by atoms with E-state index in [4.69, 9.17) is 14.2 Å². The van der Waals surface area contributed by atoms with Gasteiger partial charge in [0.1, 0.15) is 11.9 Å². The Bertz CT molecular complexity index is 1100. The molecule has 0 amide bonds. The minimum atomic E-state index is -0.750. The third-order valence-corrected chi connectivity index (χ3v) is 6.55. The van der Waals surface area contributed by atoms with E-state index in [1.807, 2.05) is 13.8 Å². The van der Waals surface area contributed by atoms with Gasteiger partial charge in [0, 0.05) is 31.5 Å². The number of ketones is 1. The number of methoxy groups -OCH3 is 1. The van der Waals surface area contributed by atoms with Gasteiger partial charge in [0.05, 0.1) is 13.0 Å². The van der Waals surface area contributed by atoms with Crippen LogP contribution in [-0.4, -0.2) is 35.9 Å². The molecule has 188 valence electrons. The molecule has 1 saturated carbocycles. The largest absolute Gasteiger partial charge is 0.493 e. The number of carbonyl (C=O) groups excluding carboxylic acids is 3. The summed E-state index contributed by atoms with van der Waals surface area (Å²) in [5.74, 6) is -2.22. The zero-order valence-corrected chi connectivity index (χ0v) is 20.8. The van der Waals surface area contributed by atoms with Crippen molar-refractivity contribution in [2.75, 3.05) is 7.11 Å². The van der Waals surface area contributed by atoms with Gasteiger partial charge in [-0.3, -0.25) is 14.4 Å². The molecule has 0 spiro atoms. The molecule has 3 rings (SSSR count). The first kappa shape index (κ1) is 26.3. The van der Waals surface area contributed by atoms with E-state index in [1.54, 1.807) is 13.0 Å². The Labute approximate surface area is 205 Å². The van der Waals surface area contributed by atoms with Crippen LogP contribution in [0, 0.1) is 24.6 Å². The molecule has 1 heterocycles. The lowest BCUT2D eigenvalue weighted by molar-refractivity contribution is -0.154. The predicted octanol–water partition coefficient (Wildman–Crippen LogP) is 5.19. The molecule has 0 bridgehead atoms. The summed E-state index contributed by atoms with van der Waals surface area (Å²) in [6, 6.07) is 6.19. The zero-order chi connectivity index (χ0) is 25.7. The van der Waals surface area contributed by atoms with Gasteiger partial charge in [0.15, 0.2) is 17.2 Å². The first-order valence-electron chi connectivity index (χ1n) is 11.8. The van der Waals surface area contributed by atoms with Gasteiger partial charge in [-0.25, -0.2) is 9.37 Å². The molecule has 2 aromatic rings. The summed E-state index contributed by atoms with van der Waals surface area (Å²) >= 11 is 0. The van der Waals surface area contributed by atoms with Gasteiger partial charge < -0.3 is 14.2 Å². The minimum absolute atomic E-state index is 0.0492. The molecular weight excluding hydrogens is 453 g/mol. The molecule has 7 nitrogen and oxygen atoms in total. The lowest BCUT2D eigenvalue weighted by atomic mass is 9.70. The highest BCUT2D eigenvalue weighted by molar-refractivity contribution is 5.99. The summed E-state index contributed by atoms with van der Waals surface area (Å²) < 4.78 is 29.8. The van der Waals surface area contributed by atoms with Gasteiger partial charge in [-0.05, 0) is 55.9 Å². The SMILES string of the molecule is COc1ccnc(C(=O)C[C@@H](C)C(=O)O[C@@H](C)[C@@H](c2ccc(F)cc2C)C2CCC2)c1OC(C)=O. The van der Waals surface area contributed by atoms with Gasteiger partial charge in [0.25, 0.3) is 0 Å². The molecule has 0 aliphatic heterocycles. The molecule has 1 aromatic carbocycles. The van der Waals surface area contributed by atoms with E-state index >= 15 is 0 Å². The highest BCUT2D eigenvalue weighted by atomic mass is 19.1. The van der Waals surface area contributed by atoms with E-state index < -0.39 is 29.7 Å². The van der Waals surface area contributed by atoms with E-state index in [0.717, 1.165) is 30.4 Å². The van der Waals surface area contributed by atoms with Gasteiger partial charge in [-0.15, -0.1) is 0 Å². The molecule has 0 saturated heterocycles. The second kappa shape index (κ2) is 11.4. The number of rotatable bonds is 10. The number of aryl methyl sites for hydroxylation is 1. The summed E-state index contributed by atoms with van der Waals surface area (Å²) in [5.41, 5.74) is 1.73. The van der Waals surface area contributed by atoms with Crippen LogP contribution in [0.5, 0.6) is 11.5 Å². The van der Waals surface area contributed by atoms with Crippen LogP contribution in [0.4, 0.5) is 4.39 Å². The van der Waals surface area contributed by atoms with Crippen LogP contribution >= 0.6 is 0 Å². The highest BCUT2D eigenvalue weighted by Gasteiger charge is 2.36. The molecular formula is C27H32FNO6. The third kappa shape index (κ3) is 6.24.